The van der Waals surface area contributed by atoms with Gasteiger partial charge in [-0.05, 0) is 25.1 Å². The number of carboxylic acid groups (broad SMARTS) is 1. The Hall–Kier alpha value is -0.440. The average molecular weight is 162 g/mol. The Balaban J connectivity index is 0. The van der Waals surface area contributed by atoms with Gasteiger partial charge in [-0.2, -0.15) is 0 Å². The van der Waals surface area contributed by atoms with Crippen molar-refractivity contribution >= 4 is 18.6 Å². The van der Waals surface area contributed by atoms with Crippen LogP contribution in [-0.4, -0.2) is 11.7 Å². The van der Waals surface area contributed by atoms with Gasteiger partial charge in [0, 0.05) is 0 Å². The van der Waals surface area contributed by atoms with Crippen molar-refractivity contribution in [3.63, 3.8) is 0 Å². The molecule has 10 heavy (non-hydrogen) atoms. The summed E-state index contributed by atoms with van der Waals surface area (Å²) < 4.78 is 0. The van der Waals surface area contributed by atoms with Crippen molar-refractivity contribution in [2.45, 2.75) is 19.8 Å². The summed E-state index contributed by atoms with van der Waals surface area (Å²) in [5.41, 5.74) is 0. The van der Waals surface area contributed by atoms with Crippen LogP contribution in [0.25, 0.3) is 0 Å². The fourth-order valence-electron chi connectivity index (χ4n) is 0.177. The molecule has 0 saturated carbocycles. The highest BCUT2D eigenvalue weighted by Gasteiger charge is 1.74. The summed E-state index contributed by atoms with van der Waals surface area (Å²) in [5.74, 6) is -0.0822. The van der Waals surface area contributed by atoms with Gasteiger partial charge in [0.15, 0.2) is 0 Å². The van der Waals surface area contributed by atoms with Gasteiger partial charge in [0.25, 0.3) is 0 Å². The summed E-state index contributed by atoms with van der Waals surface area (Å²) >= 11 is 3.35. The summed E-state index contributed by atoms with van der Waals surface area (Å²) in [6.45, 7) is 5.08. The molecular weight excluding hydrogens is 148 g/mol. The monoisotopic (exact) mass is 162 g/mol. The third-order valence-corrected chi connectivity index (χ3v) is 1.05. The Morgan fingerprint density at radius 2 is 2.20 bits per heavy atom. The first-order valence-electron chi connectivity index (χ1n) is 3.17. The SMILES string of the molecule is C=CC(=O)[O-].CCCC[SH2+]. The predicted octanol–water partition coefficient (Wildman–Crippen LogP) is -0.280. The van der Waals surface area contributed by atoms with Crippen LogP contribution in [0, 0.1) is 0 Å². The number of hydrogen-bond acceptors (Lipinski definition) is 2. The summed E-state index contributed by atoms with van der Waals surface area (Å²) in [4.78, 5) is 9.14. The minimum absolute atomic E-state index is 0.722. The van der Waals surface area contributed by atoms with Crippen molar-refractivity contribution in [1.29, 1.82) is 0 Å². The van der Waals surface area contributed by atoms with Gasteiger partial charge in [0.05, 0.1) is 5.97 Å². The lowest BCUT2D eigenvalue weighted by atomic mass is 10.4. The van der Waals surface area contributed by atoms with E-state index in [-0.39, 0.29) is 0 Å². The van der Waals surface area contributed by atoms with E-state index in [0.29, 0.717) is 0 Å². The van der Waals surface area contributed by atoms with Crippen LogP contribution in [-0.2, 0) is 17.4 Å². The molecule has 0 aliphatic heterocycles. The van der Waals surface area contributed by atoms with E-state index in [9.17, 15) is 0 Å². The van der Waals surface area contributed by atoms with Crippen molar-refractivity contribution < 1.29 is 9.90 Å². The van der Waals surface area contributed by atoms with Crippen LogP contribution in [0.2, 0.25) is 0 Å². The highest BCUT2D eigenvalue weighted by molar-refractivity contribution is 7.58. The number of carbonyl (C=O) groups excluding carboxylic acids is 1. The lowest BCUT2D eigenvalue weighted by molar-refractivity contribution is -0.297. The lowest BCUT2D eigenvalue weighted by Crippen LogP contribution is -2.17. The Bertz CT molecular complexity index is 89.6. The molecule has 60 valence electrons. The molecule has 0 aromatic heterocycles. The van der Waals surface area contributed by atoms with Crippen LogP contribution in [0.4, 0.5) is 0 Å². The first-order chi connectivity index (χ1) is 4.68. The highest BCUT2D eigenvalue weighted by Crippen LogP contribution is 1.80. The maximum Gasteiger partial charge on any atom is 0.103 e. The van der Waals surface area contributed by atoms with Crippen LogP contribution >= 0.6 is 0 Å². The Kier molecular flexibility index (Phi) is 13.9. The standard InChI is InChI=1S/C4H10S.C3H4O2/c1-2-3-4-5;1-2-3(4)5/h5H,2-4H2,1H3;2H,1H2,(H,4,5). The number of carbonyl (C=O) groups is 1. The maximum atomic E-state index is 9.14. The van der Waals surface area contributed by atoms with Gasteiger partial charge >= 0.3 is 0 Å². The van der Waals surface area contributed by atoms with Gasteiger partial charge in [0.1, 0.15) is 5.75 Å². The Morgan fingerprint density at radius 1 is 1.80 bits per heavy atom. The van der Waals surface area contributed by atoms with E-state index in [1.54, 1.807) is 0 Å². The molecule has 0 rings (SSSR count). The van der Waals surface area contributed by atoms with Gasteiger partial charge in [-0.3, -0.25) is 0 Å². The van der Waals surface area contributed by atoms with Crippen LogP contribution < -0.4 is 5.11 Å². The smallest absolute Gasteiger partial charge is 0.103 e. The molecule has 0 heterocycles. The zero-order valence-corrected chi connectivity index (χ0v) is 7.22. The number of aliphatic carboxylic acids is 1. The van der Waals surface area contributed by atoms with Gasteiger partial charge < -0.3 is 9.90 Å². The first kappa shape index (κ1) is 12.3. The second kappa shape index (κ2) is 11.4. The normalized spacial score (nSPS) is 7.40. The molecule has 0 atom stereocenters. The third-order valence-electron chi connectivity index (χ3n) is 0.697. The minimum Gasteiger partial charge on any atom is -0.545 e. The van der Waals surface area contributed by atoms with Gasteiger partial charge in [-0.25, -0.2) is 0 Å². The highest BCUT2D eigenvalue weighted by atomic mass is 32.1. The lowest BCUT2D eigenvalue weighted by Gasteiger charge is -1.81. The number of unbranched alkanes of at least 4 members (excludes halogenated alkanes) is 1. The third kappa shape index (κ3) is 25.7. The topological polar surface area (TPSA) is 40.1 Å². The zero-order chi connectivity index (χ0) is 8.41. The first-order valence-corrected chi connectivity index (χ1v) is 3.87. The Labute approximate surface area is 67.4 Å². The van der Waals surface area contributed by atoms with Crippen molar-refractivity contribution in [2.75, 3.05) is 5.75 Å². The fraction of sp³-hybridized carbons (Fsp3) is 0.571. The van der Waals surface area contributed by atoms with E-state index < -0.39 is 5.97 Å². The number of hydrogen-bond donors (Lipinski definition) is 0. The second-order valence-electron chi connectivity index (χ2n) is 1.63. The van der Waals surface area contributed by atoms with Crippen LogP contribution in [0.15, 0.2) is 12.7 Å². The number of carboxylic acids is 1. The van der Waals surface area contributed by atoms with Crippen molar-refractivity contribution in [3.05, 3.63) is 12.7 Å². The summed E-state index contributed by atoms with van der Waals surface area (Å²) in [6, 6.07) is 0. The molecule has 0 bridgehead atoms. The van der Waals surface area contributed by atoms with Gasteiger partial charge in [-0.1, -0.05) is 19.9 Å². The fourth-order valence-corrected chi connectivity index (χ4v) is 0.530. The molecule has 0 aromatic rings. The van der Waals surface area contributed by atoms with E-state index in [4.69, 9.17) is 9.90 Å². The molecule has 0 N–H and O–H groups in total. The summed E-state index contributed by atoms with van der Waals surface area (Å²) in [7, 11) is 0. The predicted molar refractivity (Wildman–Crippen MR) is 45.1 cm³/mol. The van der Waals surface area contributed by atoms with Gasteiger partial charge in [0.2, 0.25) is 0 Å². The molecule has 0 aliphatic rings. The van der Waals surface area contributed by atoms with Crippen LogP contribution in [0.3, 0.4) is 0 Å². The summed E-state index contributed by atoms with van der Waals surface area (Å²) in [5, 5.41) is 9.14. The van der Waals surface area contributed by atoms with E-state index in [0.717, 1.165) is 11.8 Å². The van der Waals surface area contributed by atoms with Crippen molar-refractivity contribution in [2.24, 2.45) is 0 Å². The average Bonchev–Trinajstić information content (AvgIpc) is 1.91. The molecular formula is C7H14O2S. The van der Waals surface area contributed by atoms with Crippen LogP contribution in [0.1, 0.15) is 19.8 Å². The molecule has 0 radical (unpaired) electrons. The molecule has 0 aromatic carbocycles. The van der Waals surface area contributed by atoms with Crippen molar-refractivity contribution in [3.8, 4) is 0 Å². The largest absolute Gasteiger partial charge is 0.545 e. The molecule has 0 aliphatic carbocycles. The zero-order valence-electron chi connectivity index (χ0n) is 6.22. The number of rotatable bonds is 3. The van der Waals surface area contributed by atoms with Crippen molar-refractivity contribution in [1.82, 2.24) is 0 Å². The quantitative estimate of drug-likeness (QED) is 0.423. The van der Waals surface area contributed by atoms with Gasteiger partial charge in [-0.15, -0.1) is 0 Å². The molecule has 0 fully saturated rings. The van der Waals surface area contributed by atoms with E-state index in [1.807, 2.05) is 0 Å². The Morgan fingerprint density at radius 3 is 2.20 bits per heavy atom. The molecule has 2 nitrogen and oxygen atoms in total. The van der Waals surface area contributed by atoms with E-state index in [1.165, 1.54) is 12.8 Å². The molecule has 0 unspecified atom stereocenters. The summed E-state index contributed by atoms with van der Waals surface area (Å²) in [6.07, 6.45) is 3.32. The second-order valence-corrected chi connectivity index (χ2v) is 2.13. The van der Waals surface area contributed by atoms with Crippen LogP contribution in [0.5, 0.6) is 0 Å². The van der Waals surface area contributed by atoms with E-state index >= 15 is 0 Å². The molecule has 3 heteroatoms. The molecule has 0 spiro atoms. The van der Waals surface area contributed by atoms with E-state index in [2.05, 4.69) is 26.1 Å². The molecule has 0 saturated heterocycles. The minimum atomic E-state index is -1.23. The molecule has 0 amide bonds. The maximum absolute atomic E-state index is 9.14.